The Morgan fingerprint density at radius 2 is 1.29 bits per heavy atom. The maximum Gasteiger partial charge on any atom is 0.508 e. The van der Waals surface area contributed by atoms with E-state index in [4.69, 9.17) is 9.47 Å². The number of carbonyl (C=O) groups excluding carboxylic acids is 1. The third-order valence-corrected chi connectivity index (χ3v) is 14.7. The molecule has 0 aromatic rings. The van der Waals surface area contributed by atoms with Gasteiger partial charge in [-0.1, -0.05) is 163 Å². The van der Waals surface area contributed by atoms with E-state index >= 15 is 0 Å². The standard InChI is InChI=1S/C46H82O3/c1-35(2)22-19-17-15-13-11-9-8-10-12-14-16-18-20-33-48-44(47)49-39-29-31-45(6)38(34-39)25-26-40-42-28-27-41(37(5)24-21-23-36(3)4)46(42,7)32-30-43(40)45/h25,35-37,39-43H,8-24,26-34H2,1-7H3/t37-,39?,40+,41-,42+,43+,45+,46-/m1/s1. The molecule has 8 atom stereocenters. The highest BCUT2D eigenvalue weighted by Gasteiger charge is 2.59. The highest BCUT2D eigenvalue weighted by atomic mass is 16.7. The van der Waals surface area contributed by atoms with Gasteiger partial charge in [0.15, 0.2) is 0 Å². The molecule has 0 aromatic carbocycles. The van der Waals surface area contributed by atoms with Crippen LogP contribution in [0.3, 0.4) is 0 Å². The fourth-order valence-corrected chi connectivity index (χ4v) is 11.7. The van der Waals surface area contributed by atoms with Crippen molar-refractivity contribution in [3.8, 4) is 0 Å². The Morgan fingerprint density at radius 3 is 1.92 bits per heavy atom. The summed E-state index contributed by atoms with van der Waals surface area (Å²) in [6.07, 6.45) is 35.2. The number of unbranched alkanes of at least 4 members (excludes halogenated alkanes) is 12. The first-order valence-corrected chi connectivity index (χ1v) is 22.1. The number of ether oxygens (including phenoxy) is 2. The van der Waals surface area contributed by atoms with E-state index in [-0.39, 0.29) is 6.10 Å². The van der Waals surface area contributed by atoms with Gasteiger partial charge in [-0.15, -0.1) is 0 Å². The molecule has 4 aliphatic rings. The molecular weight excluding hydrogens is 601 g/mol. The average molecular weight is 683 g/mol. The Kier molecular flexibility index (Phi) is 16.9. The highest BCUT2D eigenvalue weighted by molar-refractivity contribution is 5.60. The fourth-order valence-electron chi connectivity index (χ4n) is 11.7. The van der Waals surface area contributed by atoms with Gasteiger partial charge in [0.05, 0.1) is 6.61 Å². The van der Waals surface area contributed by atoms with Crippen LogP contribution >= 0.6 is 0 Å². The van der Waals surface area contributed by atoms with E-state index in [1.807, 2.05) is 0 Å². The number of hydrogen-bond donors (Lipinski definition) is 0. The molecule has 0 saturated heterocycles. The molecule has 3 saturated carbocycles. The first-order valence-electron chi connectivity index (χ1n) is 22.1. The number of fused-ring (bicyclic) bond motifs is 5. The molecule has 49 heavy (non-hydrogen) atoms. The third-order valence-electron chi connectivity index (χ3n) is 14.7. The van der Waals surface area contributed by atoms with Crippen molar-refractivity contribution in [2.75, 3.05) is 6.61 Å². The maximum atomic E-state index is 12.6. The number of hydrogen-bond acceptors (Lipinski definition) is 3. The summed E-state index contributed by atoms with van der Waals surface area (Å²) >= 11 is 0. The van der Waals surface area contributed by atoms with Crippen molar-refractivity contribution in [1.82, 2.24) is 0 Å². The van der Waals surface area contributed by atoms with E-state index in [1.54, 1.807) is 5.57 Å². The summed E-state index contributed by atoms with van der Waals surface area (Å²) < 4.78 is 11.5. The molecule has 3 heteroatoms. The van der Waals surface area contributed by atoms with Crippen LogP contribution in [0.1, 0.15) is 209 Å². The van der Waals surface area contributed by atoms with Crippen LogP contribution in [0, 0.1) is 52.3 Å². The Morgan fingerprint density at radius 1 is 0.694 bits per heavy atom. The van der Waals surface area contributed by atoms with Gasteiger partial charge in [0.1, 0.15) is 6.10 Å². The second-order valence-corrected chi connectivity index (χ2v) is 19.1. The Hall–Kier alpha value is -0.990. The Labute approximate surface area is 305 Å². The van der Waals surface area contributed by atoms with Crippen molar-refractivity contribution >= 4 is 6.16 Å². The van der Waals surface area contributed by atoms with E-state index in [2.05, 4.69) is 54.5 Å². The van der Waals surface area contributed by atoms with Crippen LogP contribution in [0.15, 0.2) is 11.6 Å². The lowest BCUT2D eigenvalue weighted by atomic mass is 9.47. The third kappa shape index (κ3) is 11.8. The summed E-state index contributed by atoms with van der Waals surface area (Å²) in [7, 11) is 0. The number of carbonyl (C=O) groups is 1. The maximum absolute atomic E-state index is 12.6. The zero-order valence-electron chi connectivity index (χ0n) is 33.8. The van der Waals surface area contributed by atoms with E-state index in [0.717, 1.165) is 73.5 Å². The highest BCUT2D eigenvalue weighted by Crippen LogP contribution is 2.67. The number of allylic oxidation sites excluding steroid dienone is 1. The van der Waals surface area contributed by atoms with Gasteiger partial charge in [0, 0.05) is 6.42 Å². The van der Waals surface area contributed by atoms with Crippen LogP contribution < -0.4 is 0 Å². The van der Waals surface area contributed by atoms with Crippen molar-refractivity contribution in [3.05, 3.63) is 11.6 Å². The molecule has 4 rings (SSSR count). The van der Waals surface area contributed by atoms with Crippen molar-refractivity contribution in [1.29, 1.82) is 0 Å². The topological polar surface area (TPSA) is 35.5 Å². The molecule has 1 unspecified atom stereocenters. The molecule has 0 aliphatic heterocycles. The van der Waals surface area contributed by atoms with Crippen molar-refractivity contribution in [2.24, 2.45) is 52.3 Å². The van der Waals surface area contributed by atoms with Gasteiger partial charge in [0.2, 0.25) is 0 Å². The predicted octanol–water partition coefficient (Wildman–Crippen LogP) is 14.7. The predicted molar refractivity (Wildman–Crippen MR) is 209 cm³/mol. The molecule has 0 bridgehead atoms. The largest absolute Gasteiger partial charge is 0.508 e. The summed E-state index contributed by atoms with van der Waals surface area (Å²) in [5.74, 6) is 6.03. The van der Waals surface area contributed by atoms with Gasteiger partial charge < -0.3 is 9.47 Å². The Bertz CT molecular complexity index is 983. The lowest BCUT2D eigenvalue weighted by Gasteiger charge is -2.58. The smallest absolute Gasteiger partial charge is 0.434 e. The molecule has 4 aliphatic carbocycles. The molecule has 0 heterocycles. The van der Waals surface area contributed by atoms with E-state index in [0.29, 0.717) is 17.4 Å². The van der Waals surface area contributed by atoms with Gasteiger partial charge in [-0.25, -0.2) is 4.79 Å². The average Bonchev–Trinajstić information content (AvgIpc) is 3.41. The molecule has 3 fully saturated rings. The van der Waals surface area contributed by atoms with Gasteiger partial charge in [-0.05, 0) is 104 Å². The minimum absolute atomic E-state index is 0.00958. The van der Waals surface area contributed by atoms with E-state index in [1.165, 1.54) is 128 Å². The van der Waals surface area contributed by atoms with Crippen LogP contribution in [0.5, 0.6) is 0 Å². The molecule has 0 N–H and O–H groups in total. The Balaban J connectivity index is 1.07. The second kappa shape index (κ2) is 20.3. The van der Waals surface area contributed by atoms with Gasteiger partial charge in [-0.2, -0.15) is 0 Å². The van der Waals surface area contributed by atoms with Crippen molar-refractivity contribution < 1.29 is 14.3 Å². The van der Waals surface area contributed by atoms with Crippen LogP contribution in [0.4, 0.5) is 4.79 Å². The summed E-state index contributed by atoms with van der Waals surface area (Å²) in [6.45, 7) is 17.8. The fraction of sp³-hybridized carbons (Fsp3) is 0.935. The lowest BCUT2D eigenvalue weighted by molar-refractivity contribution is -0.0617. The van der Waals surface area contributed by atoms with Crippen LogP contribution in [-0.2, 0) is 9.47 Å². The second-order valence-electron chi connectivity index (χ2n) is 19.1. The van der Waals surface area contributed by atoms with E-state index < -0.39 is 6.16 Å². The lowest BCUT2D eigenvalue weighted by Crippen LogP contribution is -2.51. The van der Waals surface area contributed by atoms with Crippen LogP contribution in [-0.4, -0.2) is 18.9 Å². The molecule has 0 amide bonds. The quantitative estimate of drug-likeness (QED) is 0.0648. The first kappa shape index (κ1) is 40.8. The summed E-state index contributed by atoms with van der Waals surface area (Å²) in [6, 6.07) is 0. The molecule has 284 valence electrons. The minimum Gasteiger partial charge on any atom is -0.434 e. The van der Waals surface area contributed by atoms with Gasteiger partial charge in [0.25, 0.3) is 0 Å². The molecular formula is C46H82O3. The van der Waals surface area contributed by atoms with E-state index in [9.17, 15) is 4.79 Å². The van der Waals surface area contributed by atoms with Crippen LogP contribution in [0.2, 0.25) is 0 Å². The summed E-state index contributed by atoms with van der Waals surface area (Å²) in [5.41, 5.74) is 2.42. The van der Waals surface area contributed by atoms with Crippen molar-refractivity contribution in [3.63, 3.8) is 0 Å². The zero-order valence-corrected chi connectivity index (χ0v) is 33.8. The minimum atomic E-state index is -0.434. The summed E-state index contributed by atoms with van der Waals surface area (Å²) in [4.78, 5) is 12.6. The molecule has 0 spiro atoms. The van der Waals surface area contributed by atoms with Crippen LogP contribution in [0.25, 0.3) is 0 Å². The normalized spacial score (nSPS) is 31.6. The first-order chi connectivity index (χ1) is 23.5. The molecule has 3 nitrogen and oxygen atoms in total. The monoisotopic (exact) mass is 683 g/mol. The number of rotatable bonds is 22. The van der Waals surface area contributed by atoms with Gasteiger partial charge in [-0.3, -0.25) is 0 Å². The summed E-state index contributed by atoms with van der Waals surface area (Å²) in [5, 5.41) is 0. The SMILES string of the molecule is CC(C)CCCCCCCCCCCCCCCOC(=O)OC1CC[C@@]2(C)C(=CC[C@H]3[C@@H]4CC[C@H]([C@H](C)CCCC(C)C)[C@@]4(C)CC[C@@H]32)C1. The van der Waals surface area contributed by atoms with Crippen molar-refractivity contribution in [2.45, 2.75) is 215 Å². The zero-order chi connectivity index (χ0) is 35.3. The molecule has 0 radical (unpaired) electrons. The van der Waals surface area contributed by atoms with Gasteiger partial charge >= 0.3 is 6.16 Å². The molecule has 0 aromatic heterocycles.